The first kappa shape index (κ1) is 11.7. The van der Waals surface area contributed by atoms with E-state index in [1.807, 2.05) is 17.8 Å². The molecule has 1 aliphatic rings. The lowest BCUT2D eigenvalue weighted by molar-refractivity contribution is -0.146. The molecule has 96 valence electrons. The van der Waals surface area contributed by atoms with Crippen molar-refractivity contribution in [2.75, 3.05) is 18.9 Å². The number of nitrogen functional groups attached to an aromatic ring is 1. The van der Waals surface area contributed by atoms with E-state index in [0.717, 1.165) is 11.4 Å². The van der Waals surface area contributed by atoms with Crippen molar-refractivity contribution in [2.24, 2.45) is 0 Å². The van der Waals surface area contributed by atoms with Gasteiger partial charge < -0.3 is 15.2 Å². The van der Waals surface area contributed by atoms with Crippen LogP contribution in [0.25, 0.3) is 0 Å². The minimum absolute atomic E-state index is 0.543. The molecule has 1 aliphatic heterocycles. The Morgan fingerprint density at radius 3 is 2.83 bits per heavy atom. The van der Waals surface area contributed by atoms with E-state index in [2.05, 4.69) is 17.2 Å². The van der Waals surface area contributed by atoms with Gasteiger partial charge >= 0.3 is 0 Å². The summed E-state index contributed by atoms with van der Waals surface area (Å²) in [6.07, 6.45) is 1.87. The summed E-state index contributed by atoms with van der Waals surface area (Å²) in [5.74, 6) is -0.0345. The average molecular weight is 265 g/mol. The topological polar surface area (TPSA) is 62.3 Å². The molecule has 2 N–H and O–H groups in total. The van der Waals surface area contributed by atoms with Crippen molar-refractivity contribution in [3.05, 3.63) is 34.2 Å². The fourth-order valence-corrected chi connectivity index (χ4v) is 3.04. The number of anilines is 1. The van der Waals surface area contributed by atoms with Crippen molar-refractivity contribution < 1.29 is 9.47 Å². The second kappa shape index (κ2) is 4.38. The van der Waals surface area contributed by atoms with Crippen molar-refractivity contribution in [1.29, 1.82) is 0 Å². The smallest absolute Gasteiger partial charge is 0.201 e. The Morgan fingerprint density at radius 1 is 1.39 bits per heavy atom. The van der Waals surface area contributed by atoms with Gasteiger partial charge in [0.1, 0.15) is 5.82 Å². The number of thiophene rings is 1. The summed E-state index contributed by atoms with van der Waals surface area (Å²) >= 11 is 1.68. The fourth-order valence-electron chi connectivity index (χ4n) is 1.99. The Kier molecular flexibility index (Phi) is 2.85. The van der Waals surface area contributed by atoms with Crippen molar-refractivity contribution in [2.45, 2.75) is 19.3 Å². The molecule has 3 rings (SSSR count). The molecule has 0 aromatic carbocycles. The first-order chi connectivity index (χ1) is 8.66. The molecule has 0 aliphatic carbocycles. The largest absolute Gasteiger partial charge is 0.382 e. The molecular weight excluding hydrogens is 250 g/mol. The number of ether oxygens (including phenoxy) is 2. The maximum Gasteiger partial charge on any atom is 0.201 e. The summed E-state index contributed by atoms with van der Waals surface area (Å²) in [4.78, 5) is 2.29. The van der Waals surface area contributed by atoms with Gasteiger partial charge in [-0.3, -0.25) is 4.68 Å². The predicted octanol–water partition coefficient (Wildman–Crippen LogP) is 1.79. The Morgan fingerprint density at radius 2 is 2.17 bits per heavy atom. The van der Waals surface area contributed by atoms with Gasteiger partial charge in [0, 0.05) is 11.1 Å². The number of nitrogens with zero attached hydrogens (tertiary/aromatic N) is 2. The van der Waals surface area contributed by atoms with Gasteiger partial charge in [0.15, 0.2) is 0 Å². The third-order valence-electron chi connectivity index (χ3n) is 2.93. The molecule has 0 amide bonds. The first-order valence-electron chi connectivity index (χ1n) is 5.82. The van der Waals surface area contributed by atoms with Crippen LogP contribution in [0.5, 0.6) is 0 Å². The lowest BCUT2D eigenvalue weighted by Gasteiger charge is -2.20. The summed E-state index contributed by atoms with van der Waals surface area (Å²) in [5, 5.41) is 4.17. The summed E-state index contributed by atoms with van der Waals surface area (Å²) in [7, 11) is 0. The van der Waals surface area contributed by atoms with Crippen LogP contribution < -0.4 is 5.73 Å². The van der Waals surface area contributed by atoms with Gasteiger partial charge in [0.2, 0.25) is 5.79 Å². The first-order valence-corrected chi connectivity index (χ1v) is 6.63. The van der Waals surface area contributed by atoms with E-state index in [0.29, 0.717) is 19.0 Å². The molecule has 5 nitrogen and oxygen atoms in total. The fraction of sp³-hybridized carbons (Fsp3) is 0.417. The molecule has 0 spiro atoms. The lowest BCUT2D eigenvalue weighted by Crippen LogP contribution is -2.20. The lowest BCUT2D eigenvalue weighted by atomic mass is 10.2. The molecular formula is C12H15N3O2S. The highest BCUT2D eigenvalue weighted by Gasteiger charge is 2.34. The normalized spacial score (nSPS) is 18.3. The van der Waals surface area contributed by atoms with E-state index in [4.69, 9.17) is 15.2 Å². The van der Waals surface area contributed by atoms with Crippen LogP contribution in [0.1, 0.15) is 16.7 Å². The Balaban J connectivity index is 1.77. The molecule has 1 fully saturated rings. The van der Waals surface area contributed by atoms with E-state index in [1.54, 1.807) is 17.4 Å². The summed E-state index contributed by atoms with van der Waals surface area (Å²) in [6, 6.07) is 5.92. The van der Waals surface area contributed by atoms with Gasteiger partial charge in [0.05, 0.1) is 24.6 Å². The van der Waals surface area contributed by atoms with Crippen LogP contribution >= 0.6 is 11.3 Å². The van der Waals surface area contributed by atoms with Gasteiger partial charge in [-0.15, -0.1) is 11.3 Å². The van der Waals surface area contributed by atoms with E-state index >= 15 is 0 Å². The van der Waals surface area contributed by atoms with Crippen molar-refractivity contribution >= 4 is 17.2 Å². The number of rotatable bonds is 3. The van der Waals surface area contributed by atoms with Gasteiger partial charge in [0.25, 0.3) is 0 Å². The zero-order valence-corrected chi connectivity index (χ0v) is 10.9. The third-order valence-corrected chi connectivity index (χ3v) is 4.18. The van der Waals surface area contributed by atoms with Crippen molar-refractivity contribution in [1.82, 2.24) is 9.78 Å². The Labute approximate surface area is 109 Å². The zero-order chi connectivity index (χ0) is 12.6. The number of nitrogens with two attached hydrogens (primary N) is 1. The molecule has 18 heavy (non-hydrogen) atoms. The highest BCUT2D eigenvalue weighted by molar-refractivity contribution is 7.12. The van der Waals surface area contributed by atoms with E-state index < -0.39 is 5.79 Å². The standard InChI is InChI=1S/C12H15N3O2S/c1-12(16-6-7-17-12)10-3-2-9(18-10)8-15-5-4-11(13)14-15/h2-5H,6-8H2,1H3,(H2,13,14). The minimum atomic E-state index is -0.577. The Hall–Kier alpha value is -1.37. The molecule has 0 bridgehead atoms. The summed E-state index contributed by atoms with van der Waals surface area (Å²) in [6.45, 7) is 3.98. The highest BCUT2D eigenvalue weighted by Crippen LogP contribution is 2.35. The molecule has 2 aromatic rings. The second-order valence-electron chi connectivity index (χ2n) is 4.35. The molecule has 0 unspecified atom stereocenters. The van der Waals surface area contributed by atoms with Gasteiger partial charge in [-0.1, -0.05) is 0 Å². The maximum absolute atomic E-state index is 5.64. The second-order valence-corrected chi connectivity index (χ2v) is 5.52. The number of hydrogen-bond acceptors (Lipinski definition) is 5. The van der Waals surface area contributed by atoms with Gasteiger partial charge in [-0.25, -0.2) is 0 Å². The van der Waals surface area contributed by atoms with Crippen LogP contribution in [-0.4, -0.2) is 23.0 Å². The van der Waals surface area contributed by atoms with Crippen LogP contribution in [0.4, 0.5) is 5.82 Å². The Bertz CT molecular complexity index is 543. The average Bonchev–Trinajstić information content (AvgIpc) is 3.02. The quantitative estimate of drug-likeness (QED) is 0.919. The summed E-state index contributed by atoms with van der Waals surface area (Å²) in [5.41, 5.74) is 5.59. The number of aromatic nitrogens is 2. The zero-order valence-electron chi connectivity index (χ0n) is 10.1. The van der Waals surface area contributed by atoms with E-state index in [1.165, 1.54) is 4.88 Å². The van der Waals surface area contributed by atoms with Crippen LogP contribution in [0.3, 0.4) is 0 Å². The van der Waals surface area contributed by atoms with Crippen LogP contribution in [0, 0.1) is 0 Å². The molecule has 0 atom stereocenters. The SMILES string of the molecule is CC1(c2ccc(Cn3ccc(N)n3)s2)OCCO1. The van der Waals surface area contributed by atoms with E-state index in [-0.39, 0.29) is 0 Å². The molecule has 2 aromatic heterocycles. The van der Waals surface area contributed by atoms with Crippen LogP contribution in [-0.2, 0) is 21.8 Å². The van der Waals surface area contributed by atoms with Crippen LogP contribution in [0.2, 0.25) is 0 Å². The maximum atomic E-state index is 5.64. The van der Waals surface area contributed by atoms with Crippen LogP contribution in [0.15, 0.2) is 24.4 Å². The third kappa shape index (κ3) is 2.14. The molecule has 0 saturated carbocycles. The summed E-state index contributed by atoms with van der Waals surface area (Å²) < 4.78 is 13.1. The minimum Gasteiger partial charge on any atom is -0.382 e. The van der Waals surface area contributed by atoms with Gasteiger partial charge in [-0.05, 0) is 25.1 Å². The number of hydrogen-bond donors (Lipinski definition) is 1. The molecule has 1 saturated heterocycles. The highest BCUT2D eigenvalue weighted by atomic mass is 32.1. The molecule has 3 heterocycles. The van der Waals surface area contributed by atoms with Gasteiger partial charge in [-0.2, -0.15) is 5.10 Å². The molecule has 6 heteroatoms. The predicted molar refractivity (Wildman–Crippen MR) is 69.3 cm³/mol. The monoisotopic (exact) mass is 265 g/mol. The molecule has 0 radical (unpaired) electrons. The van der Waals surface area contributed by atoms with Crippen molar-refractivity contribution in [3.8, 4) is 0 Å². The van der Waals surface area contributed by atoms with E-state index in [9.17, 15) is 0 Å². The van der Waals surface area contributed by atoms with Crippen molar-refractivity contribution in [3.63, 3.8) is 0 Å².